The minimum absolute atomic E-state index is 0.0727. The van der Waals surface area contributed by atoms with Crippen LogP contribution in [0, 0.1) is 0 Å². The van der Waals surface area contributed by atoms with Gasteiger partial charge in [0, 0.05) is 17.6 Å². The van der Waals surface area contributed by atoms with E-state index in [9.17, 15) is 18.3 Å². The van der Waals surface area contributed by atoms with Crippen molar-refractivity contribution in [1.29, 1.82) is 0 Å². The van der Waals surface area contributed by atoms with Gasteiger partial charge in [0.05, 0.1) is 44.2 Å². The number of rotatable bonds is 5. The molecule has 11 heteroatoms. The number of methoxy groups -OCH3 is 1. The predicted molar refractivity (Wildman–Crippen MR) is 140 cm³/mol. The van der Waals surface area contributed by atoms with E-state index >= 15 is 0 Å². The molecule has 1 aliphatic carbocycles. The number of aromatic nitrogens is 1. The minimum atomic E-state index is -4.27. The van der Waals surface area contributed by atoms with Crippen LogP contribution in [0.2, 0.25) is 0 Å². The first kappa shape index (κ1) is 25.4. The summed E-state index contributed by atoms with van der Waals surface area (Å²) in [7, 11) is -2.87. The molecule has 0 radical (unpaired) electrons. The third-order valence-electron chi connectivity index (χ3n) is 7.70. The van der Waals surface area contributed by atoms with Gasteiger partial charge in [-0.3, -0.25) is 9.78 Å². The number of morpholine rings is 1. The lowest BCUT2D eigenvalue weighted by Crippen LogP contribution is -2.50. The van der Waals surface area contributed by atoms with Crippen LogP contribution in [-0.2, 0) is 30.8 Å². The van der Waals surface area contributed by atoms with Crippen LogP contribution in [0.1, 0.15) is 22.6 Å². The topological polar surface area (TPSA) is 115 Å². The molecule has 0 amide bonds. The molecule has 2 aliphatic heterocycles. The Morgan fingerprint density at radius 3 is 2.42 bits per heavy atom. The number of pyridine rings is 1. The van der Waals surface area contributed by atoms with E-state index in [2.05, 4.69) is 20.9 Å². The van der Waals surface area contributed by atoms with Gasteiger partial charge < -0.3 is 19.3 Å². The van der Waals surface area contributed by atoms with Gasteiger partial charge in [-0.15, -0.1) is 0 Å². The summed E-state index contributed by atoms with van der Waals surface area (Å²) in [6, 6.07) is 15.9. The molecule has 2 fully saturated rings. The van der Waals surface area contributed by atoms with Crippen LogP contribution in [0.4, 0.5) is 0 Å². The molecule has 38 heavy (non-hydrogen) atoms. The van der Waals surface area contributed by atoms with Crippen molar-refractivity contribution in [3.05, 3.63) is 88.2 Å². The van der Waals surface area contributed by atoms with Gasteiger partial charge in [-0.1, -0.05) is 58.4 Å². The van der Waals surface area contributed by atoms with Gasteiger partial charge in [0.2, 0.25) is 15.6 Å². The van der Waals surface area contributed by atoms with Gasteiger partial charge in [0.1, 0.15) is 16.7 Å². The molecule has 198 valence electrons. The Balaban J connectivity index is 1.69. The van der Waals surface area contributed by atoms with E-state index in [1.807, 2.05) is 6.07 Å². The fourth-order valence-corrected chi connectivity index (χ4v) is 8.47. The first-order valence-corrected chi connectivity index (χ1v) is 14.4. The van der Waals surface area contributed by atoms with Crippen molar-refractivity contribution >= 4 is 31.7 Å². The Bertz CT molecular complexity index is 1500. The number of nitrogens with zero attached hydrogens (tertiary/aromatic N) is 2. The van der Waals surface area contributed by atoms with Crippen LogP contribution in [-0.4, -0.2) is 67.3 Å². The smallest absolute Gasteiger partial charge is 0.225 e. The van der Waals surface area contributed by atoms with Crippen LogP contribution in [0.15, 0.2) is 71.5 Å². The Morgan fingerprint density at radius 2 is 1.76 bits per heavy atom. The second kappa shape index (κ2) is 9.13. The monoisotopic (exact) mass is 600 g/mol. The van der Waals surface area contributed by atoms with E-state index in [0.29, 0.717) is 11.1 Å². The van der Waals surface area contributed by atoms with Crippen LogP contribution >= 0.6 is 15.9 Å². The maximum atomic E-state index is 14.6. The van der Waals surface area contributed by atoms with Gasteiger partial charge in [0.15, 0.2) is 11.4 Å². The zero-order valence-corrected chi connectivity index (χ0v) is 22.8. The minimum Gasteiger partial charge on any atom is -0.495 e. The highest BCUT2D eigenvalue weighted by molar-refractivity contribution is 9.10. The van der Waals surface area contributed by atoms with Gasteiger partial charge in [0.25, 0.3) is 0 Å². The summed E-state index contributed by atoms with van der Waals surface area (Å²) in [5.41, 5.74) is -3.16. The molecule has 3 aromatic rings. The lowest BCUT2D eigenvalue weighted by molar-refractivity contribution is -0.151. The SMILES string of the molecule is COc1cncc2c1[C@]1(O)C(=O)[C@H](S(=O)(=O)N3CCOCC3)[C@@H](c3ccccc3)[C@]1(c1ccc(Br)cc1)O2. The van der Waals surface area contributed by atoms with Crippen LogP contribution < -0.4 is 9.47 Å². The Labute approximate surface area is 228 Å². The number of hydrogen-bond acceptors (Lipinski definition) is 8. The number of benzene rings is 2. The summed E-state index contributed by atoms with van der Waals surface area (Å²) in [6.07, 6.45) is 2.79. The molecule has 3 heterocycles. The van der Waals surface area contributed by atoms with E-state index in [1.165, 1.54) is 23.8 Å². The Kier molecular flexibility index (Phi) is 6.11. The predicted octanol–water partition coefficient (Wildman–Crippen LogP) is 2.73. The van der Waals surface area contributed by atoms with E-state index in [4.69, 9.17) is 14.2 Å². The second-order valence-corrected chi connectivity index (χ2v) is 12.5. The molecular weight excluding hydrogens is 576 g/mol. The van der Waals surface area contributed by atoms with Gasteiger partial charge in [-0.2, -0.15) is 4.31 Å². The van der Waals surface area contributed by atoms with Crippen molar-refractivity contribution < 1.29 is 32.5 Å². The van der Waals surface area contributed by atoms with Gasteiger partial charge in [-0.25, -0.2) is 8.42 Å². The van der Waals surface area contributed by atoms with Crippen molar-refractivity contribution in [2.75, 3.05) is 33.4 Å². The maximum Gasteiger partial charge on any atom is 0.225 e. The number of sulfonamides is 1. The molecule has 1 saturated carbocycles. The molecule has 1 N–H and O–H groups in total. The number of carbonyl (C=O) groups is 1. The molecule has 1 aromatic heterocycles. The average molecular weight is 601 g/mol. The molecule has 4 atom stereocenters. The first-order chi connectivity index (χ1) is 18.3. The van der Waals surface area contributed by atoms with Crippen molar-refractivity contribution in [2.45, 2.75) is 22.4 Å². The number of ether oxygens (including phenoxy) is 3. The summed E-state index contributed by atoms with van der Waals surface area (Å²) in [6.45, 7) is 0.665. The third kappa shape index (κ3) is 3.35. The Morgan fingerprint density at radius 1 is 1.08 bits per heavy atom. The molecule has 1 saturated heterocycles. The van der Waals surface area contributed by atoms with Crippen molar-refractivity contribution in [1.82, 2.24) is 9.29 Å². The summed E-state index contributed by atoms with van der Waals surface area (Å²) < 4.78 is 48.1. The molecular formula is C27H25BrN2O7S. The van der Waals surface area contributed by atoms with Crippen LogP contribution in [0.25, 0.3) is 0 Å². The van der Waals surface area contributed by atoms with Crippen LogP contribution in [0.3, 0.4) is 0 Å². The fourth-order valence-electron chi connectivity index (χ4n) is 6.09. The lowest BCUT2D eigenvalue weighted by atomic mass is 9.71. The van der Waals surface area contributed by atoms with Gasteiger partial charge in [-0.05, 0) is 23.3 Å². The number of hydrogen-bond donors (Lipinski definition) is 1. The lowest BCUT2D eigenvalue weighted by Gasteiger charge is -2.39. The molecule has 0 spiro atoms. The fraction of sp³-hybridized carbons (Fsp3) is 0.333. The summed E-state index contributed by atoms with van der Waals surface area (Å²) in [4.78, 5) is 18.8. The highest BCUT2D eigenvalue weighted by Gasteiger charge is 2.79. The maximum absolute atomic E-state index is 14.6. The normalized spacial score (nSPS) is 29.0. The second-order valence-electron chi connectivity index (χ2n) is 9.50. The van der Waals surface area contributed by atoms with Crippen LogP contribution in [0.5, 0.6) is 11.5 Å². The molecule has 6 rings (SSSR count). The number of aliphatic hydroxyl groups is 1. The quantitative estimate of drug-likeness (QED) is 0.475. The Hall–Kier alpha value is -2.83. The third-order valence-corrected chi connectivity index (χ3v) is 10.4. The summed E-state index contributed by atoms with van der Waals surface area (Å²) in [5.74, 6) is -1.68. The number of ketones is 1. The summed E-state index contributed by atoms with van der Waals surface area (Å²) >= 11 is 3.44. The molecule has 0 bridgehead atoms. The van der Waals surface area contributed by atoms with Crippen molar-refractivity contribution in [3.63, 3.8) is 0 Å². The number of carbonyl (C=O) groups excluding carboxylic acids is 1. The van der Waals surface area contributed by atoms with Crippen molar-refractivity contribution in [3.8, 4) is 11.5 Å². The number of halogens is 1. The van der Waals surface area contributed by atoms with Crippen molar-refractivity contribution in [2.24, 2.45) is 0 Å². The zero-order valence-electron chi connectivity index (χ0n) is 20.4. The average Bonchev–Trinajstić information content (AvgIpc) is 3.33. The molecule has 0 unspecified atom stereocenters. The molecule has 3 aliphatic rings. The largest absolute Gasteiger partial charge is 0.495 e. The molecule has 9 nitrogen and oxygen atoms in total. The van der Waals surface area contributed by atoms with E-state index < -0.39 is 38.2 Å². The number of fused-ring (bicyclic) bond motifs is 3. The molecule has 2 aromatic carbocycles. The van der Waals surface area contributed by atoms with E-state index in [0.717, 1.165) is 4.47 Å². The first-order valence-electron chi connectivity index (χ1n) is 12.1. The summed E-state index contributed by atoms with van der Waals surface area (Å²) in [5, 5.41) is 11.1. The number of Topliss-reactive ketones (excluding diaryl/α,β-unsaturated/α-hetero) is 1. The standard InChI is InChI=1S/C27H25BrN2O7S/c1-35-20-15-29-16-21-23(20)26(32)25(31)24(38(33,34)30-11-13-36-14-12-30)22(17-5-3-2-4-6-17)27(26,37-21)18-7-9-19(28)10-8-18/h2-10,15-16,22,24,32H,11-14H2,1H3/t22-,24-,26+,27+/m1/s1. The van der Waals surface area contributed by atoms with Gasteiger partial charge >= 0.3 is 0 Å². The zero-order chi connectivity index (χ0) is 26.7. The van der Waals surface area contributed by atoms with E-state index in [-0.39, 0.29) is 43.4 Å². The highest BCUT2D eigenvalue weighted by Crippen LogP contribution is 2.67. The van der Waals surface area contributed by atoms with E-state index in [1.54, 1.807) is 48.5 Å². The highest BCUT2D eigenvalue weighted by atomic mass is 79.9.